The zero-order chi connectivity index (χ0) is 18.6. The summed E-state index contributed by atoms with van der Waals surface area (Å²) in [6.07, 6.45) is -0.0531. The molecule has 4 nitrogen and oxygen atoms in total. The van der Waals surface area contributed by atoms with Gasteiger partial charge in [0.1, 0.15) is 29.1 Å². The Morgan fingerprint density at radius 3 is 2.32 bits per heavy atom. The second-order valence-corrected chi connectivity index (χ2v) is 5.50. The number of esters is 1. The monoisotopic (exact) mass is 371 g/mol. The fourth-order valence-corrected chi connectivity index (χ4v) is 2.42. The number of benzene rings is 2. The van der Waals surface area contributed by atoms with E-state index in [1.54, 1.807) is 24.3 Å². The van der Waals surface area contributed by atoms with Crippen LogP contribution in [0, 0.1) is 17.5 Å². The SMILES string of the molecule is COC(=O)[C@H](Cc1ccccc1Cl)NC(=O)c1c(F)cc(F)cc1F. The van der Waals surface area contributed by atoms with Gasteiger partial charge in [-0.1, -0.05) is 29.8 Å². The van der Waals surface area contributed by atoms with Gasteiger partial charge in [0, 0.05) is 23.6 Å². The lowest BCUT2D eigenvalue weighted by Gasteiger charge is -2.17. The van der Waals surface area contributed by atoms with Crippen molar-refractivity contribution in [3.8, 4) is 0 Å². The Kier molecular flexibility index (Phi) is 6.03. The van der Waals surface area contributed by atoms with Gasteiger partial charge in [-0.05, 0) is 11.6 Å². The molecule has 0 aliphatic heterocycles. The van der Waals surface area contributed by atoms with Crippen LogP contribution in [-0.2, 0) is 16.0 Å². The zero-order valence-corrected chi connectivity index (χ0v) is 13.7. The number of hydrogen-bond donors (Lipinski definition) is 1. The van der Waals surface area contributed by atoms with Gasteiger partial charge < -0.3 is 10.1 Å². The Morgan fingerprint density at radius 2 is 1.76 bits per heavy atom. The Hall–Kier alpha value is -2.54. The summed E-state index contributed by atoms with van der Waals surface area (Å²) in [7, 11) is 1.10. The average Bonchev–Trinajstić information content (AvgIpc) is 2.54. The van der Waals surface area contributed by atoms with Crippen molar-refractivity contribution < 1.29 is 27.5 Å². The lowest BCUT2D eigenvalue weighted by Crippen LogP contribution is -2.43. The van der Waals surface area contributed by atoms with Crippen molar-refractivity contribution in [3.63, 3.8) is 0 Å². The maximum Gasteiger partial charge on any atom is 0.328 e. The van der Waals surface area contributed by atoms with Crippen molar-refractivity contribution in [2.45, 2.75) is 12.5 Å². The Labute approximate surface area is 146 Å². The van der Waals surface area contributed by atoms with Crippen molar-refractivity contribution in [1.82, 2.24) is 5.32 Å². The highest BCUT2D eigenvalue weighted by Gasteiger charge is 2.27. The molecule has 0 fully saturated rings. The van der Waals surface area contributed by atoms with Crippen molar-refractivity contribution in [3.05, 3.63) is 70.0 Å². The highest BCUT2D eigenvalue weighted by atomic mass is 35.5. The lowest BCUT2D eigenvalue weighted by atomic mass is 10.0. The molecule has 1 amide bonds. The number of carbonyl (C=O) groups excluding carboxylic acids is 2. The molecule has 0 aliphatic rings. The van der Waals surface area contributed by atoms with Gasteiger partial charge >= 0.3 is 5.97 Å². The van der Waals surface area contributed by atoms with Crippen molar-refractivity contribution >= 4 is 23.5 Å². The molecule has 0 heterocycles. The molecular weight excluding hydrogens is 359 g/mol. The van der Waals surface area contributed by atoms with E-state index in [0.717, 1.165) is 7.11 Å². The van der Waals surface area contributed by atoms with Crippen LogP contribution in [0.5, 0.6) is 0 Å². The van der Waals surface area contributed by atoms with Crippen molar-refractivity contribution in [2.24, 2.45) is 0 Å². The minimum Gasteiger partial charge on any atom is -0.467 e. The first-order valence-electron chi connectivity index (χ1n) is 7.10. The molecular formula is C17H13ClF3NO3. The van der Waals surface area contributed by atoms with Crippen LogP contribution in [0.4, 0.5) is 13.2 Å². The number of ether oxygens (including phenoxy) is 1. The molecule has 0 unspecified atom stereocenters. The van der Waals surface area contributed by atoms with Gasteiger partial charge in [-0.2, -0.15) is 0 Å². The van der Waals surface area contributed by atoms with E-state index in [-0.39, 0.29) is 6.42 Å². The number of nitrogens with one attached hydrogen (secondary N) is 1. The Morgan fingerprint density at radius 1 is 1.16 bits per heavy atom. The van der Waals surface area contributed by atoms with E-state index >= 15 is 0 Å². The zero-order valence-electron chi connectivity index (χ0n) is 13.0. The summed E-state index contributed by atoms with van der Waals surface area (Å²) in [6, 6.07) is 6.09. The molecule has 8 heteroatoms. The van der Waals surface area contributed by atoms with E-state index in [4.69, 9.17) is 11.6 Å². The summed E-state index contributed by atoms with van der Waals surface area (Å²) in [5.41, 5.74) is -0.464. The summed E-state index contributed by atoms with van der Waals surface area (Å²) in [6.45, 7) is 0. The summed E-state index contributed by atoms with van der Waals surface area (Å²) in [4.78, 5) is 24.0. The molecule has 2 aromatic carbocycles. The van der Waals surface area contributed by atoms with Crippen LogP contribution in [-0.4, -0.2) is 25.0 Å². The second-order valence-electron chi connectivity index (χ2n) is 5.09. The molecule has 0 aromatic heterocycles. The van der Waals surface area contributed by atoms with Crippen LogP contribution >= 0.6 is 11.6 Å². The molecule has 0 radical (unpaired) electrons. The van der Waals surface area contributed by atoms with Gasteiger partial charge in [-0.15, -0.1) is 0 Å². The third-order valence-electron chi connectivity index (χ3n) is 3.41. The quantitative estimate of drug-likeness (QED) is 0.821. The first-order valence-corrected chi connectivity index (χ1v) is 7.48. The molecule has 2 rings (SSSR count). The third kappa shape index (κ3) is 4.51. The van der Waals surface area contributed by atoms with Crippen molar-refractivity contribution in [2.75, 3.05) is 7.11 Å². The molecule has 0 saturated heterocycles. The van der Waals surface area contributed by atoms with Crippen molar-refractivity contribution in [1.29, 1.82) is 0 Å². The van der Waals surface area contributed by atoms with Gasteiger partial charge in [0.05, 0.1) is 7.11 Å². The molecule has 2 aromatic rings. The minimum atomic E-state index is -1.38. The molecule has 1 N–H and O–H groups in total. The van der Waals surface area contributed by atoms with E-state index < -0.39 is 40.9 Å². The van der Waals surface area contributed by atoms with Crippen LogP contribution in [0.1, 0.15) is 15.9 Å². The van der Waals surface area contributed by atoms with Crippen LogP contribution < -0.4 is 5.32 Å². The highest BCUT2D eigenvalue weighted by Crippen LogP contribution is 2.18. The van der Waals surface area contributed by atoms with Gasteiger partial charge in [0.25, 0.3) is 5.91 Å². The number of rotatable bonds is 5. The molecule has 0 aliphatic carbocycles. The molecule has 0 saturated carbocycles. The van der Waals surface area contributed by atoms with Gasteiger partial charge in [0.15, 0.2) is 0 Å². The maximum absolute atomic E-state index is 13.7. The Bertz CT molecular complexity index is 790. The largest absolute Gasteiger partial charge is 0.467 e. The van der Waals surface area contributed by atoms with E-state index in [0.29, 0.717) is 22.7 Å². The average molecular weight is 372 g/mol. The summed E-state index contributed by atoms with van der Waals surface area (Å²) in [5.74, 6) is -5.95. The summed E-state index contributed by atoms with van der Waals surface area (Å²) >= 11 is 6.01. The molecule has 132 valence electrons. The number of halogens is 4. The first-order chi connectivity index (χ1) is 11.8. The van der Waals surface area contributed by atoms with E-state index in [1.165, 1.54) is 0 Å². The normalized spacial score (nSPS) is 11.7. The van der Waals surface area contributed by atoms with E-state index in [1.807, 2.05) is 0 Å². The molecule has 0 bridgehead atoms. The standard InChI is InChI=1S/C17H13ClF3NO3/c1-25-17(24)14(6-9-4-2-3-5-11(9)18)22-16(23)15-12(20)7-10(19)8-13(15)21/h2-5,7-8,14H,6H2,1H3,(H,22,23)/t14-/m0/s1. The molecule has 0 spiro atoms. The predicted octanol–water partition coefficient (Wildman–Crippen LogP) is 3.27. The minimum absolute atomic E-state index is 0.0531. The molecule has 1 atom stereocenters. The number of hydrogen-bond acceptors (Lipinski definition) is 3. The van der Waals surface area contributed by atoms with Crippen LogP contribution in [0.2, 0.25) is 5.02 Å². The first kappa shape index (κ1) is 18.8. The Balaban J connectivity index is 2.27. The van der Waals surface area contributed by atoms with Crippen LogP contribution in [0.25, 0.3) is 0 Å². The number of amides is 1. The predicted molar refractivity (Wildman–Crippen MR) is 84.7 cm³/mol. The fourth-order valence-electron chi connectivity index (χ4n) is 2.21. The van der Waals surface area contributed by atoms with E-state index in [2.05, 4.69) is 10.1 Å². The smallest absolute Gasteiger partial charge is 0.328 e. The van der Waals surface area contributed by atoms with Gasteiger partial charge in [0.2, 0.25) is 0 Å². The number of methoxy groups -OCH3 is 1. The third-order valence-corrected chi connectivity index (χ3v) is 3.78. The number of carbonyl (C=O) groups is 2. The van der Waals surface area contributed by atoms with Gasteiger partial charge in [-0.25, -0.2) is 18.0 Å². The highest BCUT2D eigenvalue weighted by molar-refractivity contribution is 6.31. The topological polar surface area (TPSA) is 55.4 Å². The van der Waals surface area contributed by atoms with Gasteiger partial charge in [-0.3, -0.25) is 4.79 Å². The molecule has 25 heavy (non-hydrogen) atoms. The summed E-state index contributed by atoms with van der Waals surface area (Å²) < 4.78 is 45.0. The maximum atomic E-state index is 13.7. The second kappa shape index (κ2) is 8.02. The van der Waals surface area contributed by atoms with E-state index in [9.17, 15) is 22.8 Å². The fraction of sp³-hybridized carbons (Fsp3) is 0.176. The van der Waals surface area contributed by atoms with Crippen LogP contribution in [0.15, 0.2) is 36.4 Å². The van der Waals surface area contributed by atoms with Crippen LogP contribution in [0.3, 0.4) is 0 Å². The summed E-state index contributed by atoms with van der Waals surface area (Å²) in [5, 5.41) is 2.54. The lowest BCUT2D eigenvalue weighted by molar-refractivity contribution is -0.142.